The molecule has 5 heteroatoms. The second-order valence-electron chi connectivity index (χ2n) is 14.4. The van der Waals surface area contributed by atoms with Gasteiger partial charge in [-0.2, -0.15) is 9.97 Å². The first-order valence-electron chi connectivity index (χ1n) is 19.0. The SMILES string of the molecule is c1ccc(-c2cccc(-c3nc(-c4ccccc4)nc(-n4c5cccc6c7ccccc7c7cccc8c7c7c(c65)c4ccc7n8-c4ccccc4)n3)c2)cc1. The van der Waals surface area contributed by atoms with Crippen molar-refractivity contribution in [1.82, 2.24) is 24.1 Å². The van der Waals surface area contributed by atoms with E-state index in [0.29, 0.717) is 17.6 Å². The van der Waals surface area contributed by atoms with Gasteiger partial charge in [-0.15, -0.1) is 0 Å². The number of fused-ring (bicyclic) bond motifs is 3. The van der Waals surface area contributed by atoms with Crippen molar-refractivity contribution in [2.45, 2.75) is 0 Å². The first-order chi connectivity index (χ1) is 27.8. The molecule has 260 valence electrons. The van der Waals surface area contributed by atoms with Crippen LogP contribution in [0.15, 0.2) is 188 Å². The van der Waals surface area contributed by atoms with E-state index in [2.05, 4.69) is 173 Å². The number of benzene rings is 8. The van der Waals surface area contributed by atoms with Crippen LogP contribution in [0.5, 0.6) is 0 Å². The van der Waals surface area contributed by atoms with Crippen molar-refractivity contribution in [3.8, 4) is 45.5 Å². The highest BCUT2D eigenvalue weighted by Gasteiger charge is 2.25. The molecule has 0 unspecified atom stereocenters. The third-order valence-electron chi connectivity index (χ3n) is 11.3. The molecule has 12 rings (SSSR count). The molecule has 0 bridgehead atoms. The summed E-state index contributed by atoms with van der Waals surface area (Å²) in [5, 5.41) is 9.72. The van der Waals surface area contributed by atoms with Gasteiger partial charge in [0.1, 0.15) is 0 Å². The molecule has 56 heavy (non-hydrogen) atoms. The topological polar surface area (TPSA) is 48.5 Å². The molecule has 0 atom stereocenters. The Kier molecular flexibility index (Phi) is 6.56. The van der Waals surface area contributed by atoms with Gasteiger partial charge >= 0.3 is 0 Å². The Morgan fingerprint density at radius 2 is 0.732 bits per heavy atom. The van der Waals surface area contributed by atoms with Gasteiger partial charge in [0.05, 0.1) is 22.1 Å². The molecule has 0 N–H and O–H groups in total. The van der Waals surface area contributed by atoms with Crippen LogP contribution in [0, 0.1) is 0 Å². The third kappa shape index (κ3) is 4.46. The van der Waals surface area contributed by atoms with Crippen LogP contribution < -0.4 is 0 Å². The molecule has 0 amide bonds. The molecule has 0 radical (unpaired) electrons. The third-order valence-corrected chi connectivity index (χ3v) is 11.3. The predicted octanol–water partition coefficient (Wildman–Crippen LogP) is 12.8. The summed E-state index contributed by atoms with van der Waals surface area (Å²) < 4.78 is 4.68. The maximum atomic E-state index is 5.35. The Morgan fingerprint density at radius 1 is 0.286 bits per heavy atom. The summed E-state index contributed by atoms with van der Waals surface area (Å²) in [5.74, 6) is 1.83. The molecule has 0 fully saturated rings. The van der Waals surface area contributed by atoms with Gasteiger partial charge in [0, 0.05) is 38.4 Å². The number of para-hydroxylation sites is 1. The largest absolute Gasteiger partial charge is 0.309 e. The quantitative estimate of drug-likeness (QED) is 0.178. The highest BCUT2D eigenvalue weighted by Crippen LogP contribution is 2.47. The van der Waals surface area contributed by atoms with E-state index in [-0.39, 0.29) is 0 Å². The first kappa shape index (κ1) is 30.8. The van der Waals surface area contributed by atoms with Crippen LogP contribution in [0.1, 0.15) is 0 Å². The van der Waals surface area contributed by atoms with Crippen molar-refractivity contribution in [3.05, 3.63) is 188 Å². The molecule has 9 aromatic carbocycles. The Hall–Kier alpha value is -7.63. The summed E-state index contributed by atoms with van der Waals surface area (Å²) in [6.07, 6.45) is 0. The lowest BCUT2D eigenvalue weighted by molar-refractivity contribution is 0.954. The summed E-state index contributed by atoms with van der Waals surface area (Å²) >= 11 is 0. The minimum Gasteiger partial charge on any atom is -0.309 e. The van der Waals surface area contributed by atoms with Gasteiger partial charge in [-0.3, -0.25) is 4.57 Å². The Labute approximate surface area is 321 Å². The first-order valence-corrected chi connectivity index (χ1v) is 19.0. The number of hydrogen-bond donors (Lipinski definition) is 0. The van der Waals surface area contributed by atoms with Crippen LogP contribution in [0.25, 0.3) is 111 Å². The van der Waals surface area contributed by atoms with Crippen LogP contribution in [-0.2, 0) is 0 Å². The molecule has 0 saturated carbocycles. The lowest BCUT2D eigenvalue weighted by Crippen LogP contribution is -2.06. The van der Waals surface area contributed by atoms with Crippen LogP contribution >= 0.6 is 0 Å². The monoisotopic (exact) mass is 713 g/mol. The Morgan fingerprint density at radius 3 is 1.38 bits per heavy atom. The number of rotatable bonds is 5. The van der Waals surface area contributed by atoms with Crippen LogP contribution in [-0.4, -0.2) is 24.1 Å². The molecule has 12 aromatic rings. The Bertz CT molecular complexity index is 3460. The van der Waals surface area contributed by atoms with E-state index in [4.69, 9.17) is 15.0 Å². The zero-order chi connectivity index (χ0) is 36.7. The average molecular weight is 714 g/mol. The zero-order valence-electron chi connectivity index (χ0n) is 30.1. The van der Waals surface area contributed by atoms with Crippen molar-refractivity contribution in [2.24, 2.45) is 0 Å². The molecular formula is C51H31N5. The molecule has 5 nitrogen and oxygen atoms in total. The highest BCUT2D eigenvalue weighted by atomic mass is 15.2. The van der Waals surface area contributed by atoms with Crippen LogP contribution in [0.4, 0.5) is 0 Å². The van der Waals surface area contributed by atoms with Crippen molar-refractivity contribution < 1.29 is 0 Å². The van der Waals surface area contributed by atoms with Gasteiger partial charge in [-0.25, -0.2) is 4.98 Å². The van der Waals surface area contributed by atoms with E-state index in [0.717, 1.165) is 39.0 Å². The molecule has 0 aliphatic carbocycles. The fourth-order valence-corrected chi connectivity index (χ4v) is 8.95. The average Bonchev–Trinajstić information content (AvgIpc) is 3.80. The molecular weight excluding hydrogens is 683 g/mol. The van der Waals surface area contributed by atoms with Gasteiger partial charge < -0.3 is 4.57 Å². The summed E-state index contributed by atoms with van der Waals surface area (Å²) in [6.45, 7) is 0. The fourth-order valence-electron chi connectivity index (χ4n) is 8.95. The minimum atomic E-state index is 0.579. The molecule has 3 heterocycles. The lowest BCUT2D eigenvalue weighted by atomic mass is 9.95. The minimum absolute atomic E-state index is 0.579. The number of nitrogens with zero attached hydrogens (tertiary/aromatic N) is 5. The Balaban J connectivity index is 1.24. The zero-order valence-corrected chi connectivity index (χ0v) is 30.1. The predicted molar refractivity (Wildman–Crippen MR) is 231 cm³/mol. The fraction of sp³-hybridized carbons (Fsp3) is 0. The van der Waals surface area contributed by atoms with Crippen molar-refractivity contribution in [2.75, 3.05) is 0 Å². The normalized spacial score (nSPS) is 11.9. The smallest absolute Gasteiger partial charge is 0.238 e. The summed E-state index contributed by atoms with van der Waals surface area (Å²) in [5.41, 5.74) is 9.69. The lowest BCUT2D eigenvalue weighted by Gasteiger charge is -2.12. The second-order valence-corrected chi connectivity index (χ2v) is 14.4. The van der Waals surface area contributed by atoms with E-state index >= 15 is 0 Å². The van der Waals surface area contributed by atoms with Gasteiger partial charge in [-0.1, -0.05) is 146 Å². The van der Waals surface area contributed by atoms with E-state index in [1.54, 1.807) is 0 Å². The van der Waals surface area contributed by atoms with Crippen LogP contribution in [0.3, 0.4) is 0 Å². The van der Waals surface area contributed by atoms with Gasteiger partial charge in [-0.05, 0) is 75.1 Å². The standard InChI is InChI=1S/C51H31N5/c1-4-15-32(16-5-1)34-19-12-20-35(31-34)50-52-49(33-17-6-2-7-18-33)53-51(54-50)56-42-28-14-26-40-38-24-11-10-23-37(38)39-25-13-27-41-45(39)47-43(29-30-44(56)48(47)46(40)42)55(41)36-21-8-3-9-22-36/h1-31H. The van der Waals surface area contributed by atoms with Crippen molar-refractivity contribution >= 4 is 65.2 Å². The van der Waals surface area contributed by atoms with E-state index in [1.807, 2.05) is 24.3 Å². The molecule has 0 spiro atoms. The number of aromatic nitrogens is 5. The van der Waals surface area contributed by atoms with Gasteiger partial charge in [0.25, 0.3) is 0 Å². The van der Waals surface area contributed by atoms with Crippen LogP contribution in [0.2, 0.25) is 0 Å². The summed E-state index contributed by atoms with van der Waals surface area (Å²) in [6, 6.07) is 66.6. The highest BCUT2D eigenvalue weighted by molar-refractivity contribution is 6.39. The second kappa shape index (κ2) is 11.9. The molecule has 0 saturated heterocycles. The summed E-state index contributed by atoms with van der Waals surface area (Å²) in [4.78, 5) is 15.8. The van der Waals surface area contributed by atoms with E-state index in [9.17, 15) is 0 Å². The maximum Gasteiger partial charge on any atom is 0.238 e. The van der Waals surface area contributed by atoms with Gasteiger partial charge in [0.2, 0.25) is 5.95 Å². The van der Waals surface area contributed by atoms with E-state index < -0.39 is 0 Å². The van der Waals surface area contributed by atoms with Gasteiger partial charge in [0.15, 0.2) is 11.6 Å². The van der Waals surface area contributed by atoms with Crippen molar-refractivity contribution in [3.63, 3.8) is 0 Å². The van der Waals surface area contributed by atoms with Crippen molar-refractivity contribution in [1.29, 1.82) is 0 Å². The molecule has 0 aliphatic heterocycles. The molecule has 0 aliphatic rings. The summed E-state index contributed by atoms with van der Waals surface area (Å²) in [7, 11) is 0. The van der Waals surface area contributed by atoms with E-state index in [1.165, 1.54) is 54.1 Å². The maximum absolute atomic E-state index is 5.35. The number of hydrogen-bond acceptors (Lipinski definition) is 3. The molecule has 3 aromatic heterocycles.